The van der Waals surface area contributed by atoms with Crippen LogP contribution in [0.4, 0.5) is 0 Å². The van der Waals surface area contributed by atoms with Crippen LogP contribution in [0.1, 0.15) is 18.5 Å². The fourth-order valence-corrected chi connectivity index (χ4v) is 7.64. The van der Waals surface area contributed by atoms with Crippen LogP contribution in [0, 0.1) is 6.92 Å². The van der Waals surface area contributed by atoms with Gasteiger partial charge in [0.1, 0.15) is 12.0 Å². The fourth-order valence-electron chi connectivity index (χ4n) is 3.68. The summed E-state index contributed by atoms with van der Waals surface area (Å²) in [4.78, 5) is 4.45. The summed E-state index contributed by atoms with van der Waals surface area (Å²) in [6.07, 6.45) is 3.81. The summed E-state index contributed by atoms with van der Waals surface area (Å²) in [6, 6.07) is 32.5. The van der Waals surface area contributed by atoms with E-state index in [9.17, 15) is 0 Å². The number of allylic oxidation sites excluding steroid dienone is 1. The molecule has 0 saturated heterocycles. The summed E-state index contributed by atoms with van der Waals surface area (Å²) in [5.74, 6) is 3.12. The lowest BCUT2D eigenvalue weighted by atomic mass is 10.3. The van der Waals surface area contributed by atoms with E-state index in [0.717, 1.165) is 5.69 Å². The molecule has 0 aliphatic carbocycles. The largest absolute Gasteiger partial charge is 0.449 e. The Bertz CT molecular complexity index is 1060. The monoisotopic (exact) mass is 397 g/mol. The molecule has 4 rings (SSSR count). The summed E-state index contributed by atoms with van der Waals surface area (Å²) in [6.45, 7) is 2.02. The Morgan fingerprint density at radius 1 is 0.759 bits per heavy atom. The molecule has 3 aromatic carbocycles. The zero-order valence-corrected chi connectivity index (χ0v) is 17.6. The molecule has 0 amide bonds. The second kappa shape index (κ2) is 8.51. The van der Waals surface area contributed by atoms with Gasteiger partial charge in [0.15, 0.2) is 5.89 Å². The van der Waals surface area contributed by atoms with Crippen molar-refractivity contribution >= 4 is 34.7 Å². The molecule has 0 aliphatic rings. The van der Waals surface area contributed by atoms with Gasteiger partial charge in [0.05, 0.1) is 0 Å². The van der Waals surface area contributed by atoms with Gasteiger partial charge < -0.3 is 4.42 Å². The molecule has 1 aromatic heterocycles. The molecule has 29 heavy (non-hydrogen) atoms. The highest BCUT2D eigenvalue weighted by molar-refractivity contribution is 7.94. The predicted molar refractivity (Wildman–Crippen MR) is 126 cm³/mol. The number of benzene rings is 3. The van der Waals surface area contributed by atoms with Crippen LogP contribution in [0.25, 0.3) is 6.08 Å². The Morgan fingerprint density at radius 3 is 1.59 bits per heavy atom. The lowest BCUT2D eigenvalue weighted by Crippen LogP contribution is -2.27. The maximum absolute atomic E-state index is 5.39. The Morgan fingerprint density at radius 2 is 1.21 bits per heavy atom. The normalized spacial score (nSPS) is 12.0. The summed E-state index contributed by atoms with van der Waals surface area (Å²) in [7, 11) is 0. The minimum Gasteiger partial charge on any atom is -0.449 e. The van der Waals surface area contributed by atoms with Crippen molar-refractivity contribution in [2.24, 2.45) is 0 Å². The van der Waals surface area contributed by atoms with Gasteiger partial charge in [0.2, 0.25) is 0 Å². The molecule has 3 heteroatoms. The predicted octanol–water partition coefficient (Wildman–Crippen LogP) is 5.18. The number of nitrogens with zero attached hydrogens (tertiary/aromatic N) is 1. The van der Waals surface area contributed by atoms with Crippen molar-refractivity contribution in [2.45, 2.75) is 13.8 Å². The first-order valence-corrected chi connectivity index (χ1v) is 11.6. The number of hydrogen-bond donors (Lipinski definition) is 0. The third kappa shape index (κ3) is 4.04. The smallest absolute Gasteiger partial charge is 0.191 e. The number of aryl methyl sites for hydroxylation is 1. The molecule has 0 atom stereocenters. The van der Waals surface area contributed by atoms with E-state index < -0.39 is 6.89 Å². The van der Waals surface area contributed by atoms with E-state index in [1.165, 1.54) is 21.5 Å². The van der Waals surface area contributed by atoms with Gasteiger partial charge in [-0.3, -0.25) is 0 Å². The summed E-state index contributed by atoms with van der Waals surface area (Å²) < 4.78 is 5.39. The zero-order valence-electron chi connectivity index (χ0n) is 16.7. The van der Waals surface area contributed by atoms with Crippen molar-refractivity contribution in [1.29, 1.82) is 0 Å². The third-order valence-corrected chi connectivity index (χ3v) is 9.03. The van der Waals surface area contributed by atoms with Crippen molar-refractivity contribution in [2.75, 3.05) is 0 Å². The lowest BCUT2D eigenvalue weighted by Gasteiger charge is -2.29. The van der Waals surface area contributed by atoms with Gasteiger partial charge in [-0.05, 0) is 47.2 Å². The van der Waals surface area contributed by atoms with E-state index in [1.807, 2.05) is 6.92 Å². The van der Waals surface area contributed by atoms with E-state index in [4.69, 9.17) is 4.42 Å². The van der Waals surface area contributed by atoms with Gasteiger partial charge >= 0.3 is 0 Å². The van der Waals surface area contributed by atoms with Crippen LogP contribution < -0.4 is 15.9 Å². The average Bonchev–Trinajstić information content (AvgIpc) is 3.18. The summed E-state index contributed by atoms with van der Waals surface area (Å²) in [5, 5.41) is 4.00. The number of hydrogen-bond acceptors (Lipinski definition) is 2. The Balaban J connectivity index is 2.04. The number of aromatic nitrogens is 1. The molecule has 1 heterocycles. The van der Waals surface area contributed by atoms with Crippen LogP contribution in [0.3, 0.4) is 0 Å². The van der Waals surface area contributed by atoms with Crippen LogP contribution in [0.2, 0.25) is 0 Å². The second-order valence-corrected chi connectivity index (χ2v) is 10.3. The molecule has 0 bridgehead atoms. The average molecular weight is 397 g/mol. The topological polar surface area (TPSA) is 26.0 Å². The molecule has 0 radical (unpaired) electrons. The van der Waals surface area contributed by atoms with Crippen molar-refractivity contribution in [3.05, 3.63) is 114 Å². The second-order valence-electron chi connectivity index (χ2n) is 7.04. The first-order chi connectivity index (χ1) is 14.2. The van der Waals surface area contributed by atoms with E-state index in [0.29, 0.717) is 5.89 Å². The Kier molecular flexibility index (Phi) is 5.64. The highest BCUT2D eigenvalue weighted by Crippen LogP contribution is 2.44. The molecule has 144 valence electrons. The van der Waals surface area contributed by atoms with Crippen LogP contribution >= 0.6 is 6.89 Å². The maximum Gasteiger partial charge on any atom is 0.191 e. The molecule has 0 N–H and O–H groups in total. The van der Waals surface area contributed by atoms with Gasteiger partial charge in [-0.25, -0.2) is 4.98 Å². The van der Waals surface area contributed by atoms with Crippen LogP contribution in [-0.2, 0) is 0 Å². The summed E-state index contributed by atoms with van der Waals surface area (Å²) >= 11 is 0. The van der Waals surface area contributed by atoms with Crippen molar-refractivity contribution in [3.8, 4) is 0 Å². The van der Waals surface area contributed by atoms with E-state index in [2.05, 4.69) is 115 Å². The minimum absolute atomic E-state index is 0.680. The molecule has 0 aliphatic heterocycles. The maximum atomic E-state index is 5.39. The van der Waals surface area contributed by atoms with Crippen molar-refractivity contribution in [1.82, 2.24) is 4.98 Å². The van der Waals surface area contributed by atoms with E-state index in [1.54, 1.807) is 6.26 Å². The molecule has 2 nitrogen and oxygen atoms in total. The highest BCUT2D eigenvalue weighted by Gasteiger charge is 2.24. The number of oxazole rings is 1. The molecular formula is C26H24NOP. The van der Waals surface area contributed by atoms with Crippen LogP contribution in [0.15, 0.2) is 107 Å². The van der Waals surface area contributed by atoms with Crippen molar-refractivity contribution in [3.63, 3.8) is 0 Å². The minimum atomic E-state index is -1.99. The Hall–Kier alpha value is -3.09. The van der Waals surface area contributed by atoms with E-state index in [-0.39, 0.29) is 0 Å². The number of rotatable bonds is 5. The fraction of sp³-hybridized carbons (Fsp3) is 0.0769. The zero-order chi connectivity index (χ0) is 20.1. The molecular weight excluding hydrogens is 373 g/mol. The molecule has 4 aromatic rings. The van der Waals surface area contributed by atoms with Crippen molar-refractivity contribution < 1.29 is 4.42 Å². The van der Waals surface area contributed by atoms with Crippen LogP contribution in [-0.4, -0.2) is 10.8 Å². The van der Waals surface area contributed by atoms with Gasteiger partial charge in [0, 0.05) is 6.92 Å². The van der Waals surface area contributed by atoms with Crippen LogP contribution in [0.5, 0.6) is 0 Å². The third-order valence-electron chi connectivity index (χ3n) is 4.90. The van der Waals surface area contributed by atoms with Gasteiger partial charge in [-0.2, -0.15) is 0 Å². The SMILES string of the molecule is C/C(C=P(c1ccccc1)(c1ccccc1)c1ccccc1)=C\c1coc(C)n1. The molecule has 0 unspecified atom stereocenters. The summed E-state index contributed by atoms with van der Waals surface area (Å²) in [5.41, 5.74) is 2.02. The van der Waals surface area contributed by atoms with Gasteiger partial charge in [-0.15, -0.1) is 0 Å². The molecule has 0 saturated carbocycles. The standard InChI is InChI=1S/C26H24NOP/c1-21(18-23-19-28-22(2)27-23)20-29(24-12-6-3-7-13-24,25-14-8-4-9-15-25)26-16-10-5-11-17-26/h3-20H,1-2H3/b21-18+. The Labute approximate surface area is 172 Å². The molecule has 0 spiro atoms. The van der Waals surface area contributed by atoms with Gasteiger partial charge in [-0.1, -0.05) is 91.0 Å². The van der Waals surface area contributed by atoms with E-state index >= 15 is 0 Å². The van der Waals surface area contributed by atoms with Gasteiger partial charge in [0.25, 0.3) is 0 Å². The highest BCUT2D eigenvalue weighted by atomic mass is 31.2. The quantitative estimate of drug-likeness (QED) is 0.434. The lowest BCUT2D eigenvalue weighted by molar-refractivity contribution is 0.521. The first kappa shape index (κ1) is 19.2. The first-order valence-electron chi connectivity index (χ1n) is 9.70. The molecule has 0 fully saturated rings.